The maximum atomic E-state index is 11.5. The van der Waals surface area contributed by atoms with Gasteiger partial charge in [0.05, 0.1) is 11.4 Å². The number of benzene rings is 2. The molecular weight excluding hydrogens is 446 g/mol. The van der Waals surface area contributed by atoms with Crippen LogP contribution in [-0.4, -0.2) is 32.5 Å². The Labute approximate surface area is 213 Å². The highest BCUT2D eigenvalue weighted by atomic mass is 16.1. The van der Waals surface area contributed by atoms with Crippen LogP contribution in [0.1, 0.15) is 62.4 Å². The molecule has 2 aromatic carbocycles. The number of aryl methyl sites for hydroxylation is 1. The molecule has 0 aliphatic heterocycles. The Hall–Kier alpha value is -3.67. The molecule has 0 saturated heterocycles. The summed E-state index contributed by atoms with van der Waals surface area (Å²) in [6.07, 6.45) is 3.94. The zero-order valence-corrected chi connectivity index (χ0v) is 21.6. The molecule has 186 valence electrons. The number of carbonyl (C=O) groups is 1. The topological polar surface area (TPSA) is 71.8 Å². The van der Waals surface area contributed by atoms with E-state index in [0.29, 0.717) is 6.04 Å². The Morgan fingerprint density at radius 2 is 1.53 bits per heavy atom. The SMILES string of the molecule is CC(=O)N[C@H]1CC[C@H](Nc2nc(-c3ccccc3)nc3c2c(C)c(C)n3C(C)c2ccccc2)CC1. The number of nitrogens with zero attached hydrogens (tertiary/aromatic N) is 3. The summed E-state index contributed by atoms with van der Waals surface area (Å²) in [5.74, 6) is 1.69. The number of amides is 1. The van der Waals surface area contributed by atoms with Crippen molar-refractivity contribution >= 4 is 22.8 Å². The van der Waals surface area contributed by atoms with Crippen molar-refractivity contribution < 1.29 is 4.79 Å². The highest BCUT2D eigenvalue weighted by molar-refractivity contribution is 5.93. The molecule has 5 rings (SSSR count). The van der Waals surface area contributed by atoms with E-state index < -0.39 is 0 Å². The van der Waals surface area contributed by atoms with Crippen molar-refractivity contribution in [1.29, 1.82) is 0 Å². The van der Waals surface area contributed by atoms with Crippen LogP contribution in [0.25, 0.3) is 22.4 Å². The van der Waals surface area contributed by atoms with E-state index in [4.69, 9.17) is 9.97 Å². The first-order valence-corrected chi connectivity index (χ1v) is 13.0. The molecule has 1 aliphatic rings. The Bertz CT molecular complexity index is 1350. The third kappa shape index (κ3) is 4.72. The number of hydrogen-bond acceptors (Lipinski definition) is 4. The lowest BCUT2D eigenvalue weighted by atomic mass is 9.91. The van der Waals surface area contributed by atoms with Gasteiger partial charge in [-0.3, -0.25) is 4.79 Å². The Morgan fingerprint density at radius 1 is 0.917 bits per heavy atom. The maximum Gasteiger partial charge on any atom is 0.217 e. The fraction of sp³-hybridized carbons (Fsp3) is 0.367. The predicted molar refractivity (Wildman–Crippen MR) is 146 cm³/mol. The Kier molecular flexibility index (Phi) is 6.77. The minimum atomic E-state index is 0.0522. The van der Waals surface area contributed by atoms with Crippen molar-refractivity contribution in [2.75, 3.05) is 5.32 Å². The molecule has 1 fully saturated rings. The van der Waals surface area contributed by atoms with Crippen LogP contribution in [0.15, 0.2) is 60.7 Å². The van der Waals surface area contributed by atoms with Gasteiger partial charge in [-0.15, -0.1) is 0 Å². The molecule has 0 bridgehead atoms. The molecular formula is C30H35N5O. The normalized spacial score (nSPS) is 18.7. The van der Waals surface area contributed by atoms with E-state index in [9.17, 15) is 4.79 Å². The molecule has 1 atom stereocenters. The van der Waals surface area contributed by atoms with Gasteiger partial charge in [0.2, 0.25) is 5.91 Å². The minimum Gasteiger partial charge on any atom is -0.367 e. The van der Waals surface area contributed by atoms with Crippen LogP contribution in [0.5, 0.6) is 0 Å². The first-order valence-electron chi connectivity index (χ1n) is 13.0. The molecule has 1 amide bonds. The standard InChI is InChI=1S/C30H35N5O/c1-19-20(2)35(21(3)23-11-7-5-8-12-23)30-27(19)29(33-28(34-30)24-13-9-6-10-14-24)32-26-17-15-25(16-18-26)31-22(4)36/h5-14,21,25-26H,15-18H2,1-4H3,(H,31,36)(H,32,33,34)/t21?,25-,26-. The van der Waals surface area contributed by atoms with Crippen molar-refractivity contribution in [2.24, 2.45) is 0 Å². The molecule has 1 aliphatic carbocycles. The van der Waals surface area contributed by atoms with E-state index in [1.165, 1.54) is 16.8 Å². The molecule has 36 heavy (non-hydrogen) atoms. The zero-order chi connectivity index (χ0) is 25.2. The van der Waals surface area contributed by atoms with Crippen LogP contribution < -0.4 is 10.6 Å². The van der Waals surface area contributed by atoms with Crippen LogP contribution in [0, 0.1) is 13.8 Å². The van der Waals surface area contributed by atoms with E-state index in [1.54, 1.807) is 6.92 Å². The third-order valence-corrected chi connectivity index (χ3v) is 7.57. The second kappa shape index (κ2) is 10.1. The number of anilines is 1. The molecule has 6 heteroatoms. The van der Waals surface area contributed by atoms with E-state index in [2.05, 4.69) is 78.4 Å². The fourth-order valence-electron chi connectivity index (χ4n) is 5.53. The predicted octanol–water partition coefficient (Wildman–Crippen LogP) is 6.18. The van der Waals surface area contributed by atoms with Gasteiger partial charge in [-0.25, -0.2) is 9.97 Å². The van der Waals surface area contributed by atoms with Gasteiger partial charge >= 0.3 is 0 Å². The van der Waals surface area contributed by atoms with Gasteiger partial charge < -0.3 is 15.2 Å². The Balaban J connectivity index is 1.58. The summed E-state index contributed by atoms with van der Waals surface area (Å²) < 4.78 is 2.35. The average molecular weight is 482 g/mol. The number of hydrogen-bond donors (Lipinski definition) is 2. The summed E-state index contributed by atoms with van der Waals surface area (Å²) in [6.45, 7) is 8.19. The number of aromatic nitrogens is 3. The molecule has 1 unspecified atom stereocenters. The van der Waals surface area contributed by atoms with E-state index in [0.717, 1.165) is 53.9 Å². The molecule has 0 spiro atoms. The highest BCUT2D eigenvalue weighted by Crippen LogP contribution is 2.36. The summed E-state index contributed by atoms with van der Waals surface area (Å²) in [7, 11) is 0. The van der Waals surface area contributed by atoms with Gasteiger partial charge in [0, 0.05) is 30.3 Å². The van der Waals surface area contributed by atoms with Crippen molar-refractivity contribution in [2.45, 2.75) is 71.5 Å². The summed E-state index contributed by atoms with van der Waals surface area (Å²) >= 11 is 0. The number of rotatable bonds is 6. The molecule has 2 heterocycles. The van der Waals surface area contributed by atoms with Crippen LogP contribution in [0.4, 0.5) is 5.82 Å². The Morgan fingerprint density at radius 3 is 2.17 bits per heavy atom. The first kappa shape index (κ1) is 24.0. The minimum absolute atomic E-state index is 0.0522. The van der Waals surface area contributed by atoms with Crippen molar-refractivity contribution in [3.05, 3.63) is 77.5 Å². The molecule has 2 aromatic heterocycles. The number of fused-ring (bicyclic) bond motifs is 1. The molecule has 2 N–H and O–H groups in total. The number of carbonyl (C=O) groups excluding carboxylic acids is 1. The van der Waals surface area contributed by atoms with Gasteiger partial charge in [-0.1, -0.05) is 60.7 Å². The lowest BCUT2D eigenvalue weighted by molar-refractivity contribution is -0.119. The smallest absolute Gasteiger partial charge is 0.217 e. The molecule has 0 radical (unpaired) electrons. The van der Waals surface area contributed by atoms with Gasteiger partial charge in [0.25, 0.3) is 0 Å². The van der Waals surface area contributed by atoms with Crippen molar-refractivity contribution in [1.82, 2.24) is 19.9 Å². The van der Waals surface area contributed by atoms with Crippen LogP contribution in [-0.2, 0) is 4.79 Å². The van der Waals surface area contributed by atoms with Gasteiger partial charge in [0.1, 0.15) is 11.5 Å². The third-order valence-electron chi connectivity index (χ3n) is 7.57. The van der Waals surface area contributed by atoms with E-state index in [1.807, 2.05) is 18.2 Å². The number of nitrogens with one attached hydrogen (secondary N) is 2. The van der Waals surface area contributed by atoms with E-state index >= 15 is 0 Å². The molecule has 6 nitrogen and oxygen atoms in total. The quantitative estimate of drug-likeness (QED) is 0.345. The lowest BCUT2D eigenvalue weighted by Gasteiger charge is -2.30. The fourth-order valence-corrected chi connectivity index (χ4v) is 5.53. The van der Waals surface area contributed by atoms with E-state index in [-0.39, 0.29) is 18.0 Å². The summed E-state index contributed by atoms with van der Waals surface area (Å²) in [6, 6.07) is 21.5. The van der Waals surface area contributed by atoms with Crippen LogP contribution >= 0.6 is 0 Å². The summed E-state index contributed by atoms with van der Waals surface area (Å²) in [4.78, 5) is 21.7. The highest BCUT2D eigenvalue weighted by Gasteiger charge is 2.26. The lowest BCUT2D eigenvalue weighted by Crippen LogP contribution is -2.39. The summed E-state index contributed by atoms with van der Waals surface area (Å²) in [5.41, 5.74) is 5.64. The maximum absolute atomic E-state index is 11.5. The molecule has 4 aromatic rings. The largest absolute Gasteiger partial charge is 0.367 e. The zero-order valence-electron chi connectivity index (χ0n) is 21.6. The molecule has 1 saturated carbocycles. The monoisotopic (exact) mass is 481 g/mol. The van der Waals surface area contributed by atoms with Crippen molar-refractivity contribution in [3.63, 3.8) is 0 Å². The van der Waals surface area contributed by atoms with Gasteiger partial charge in [0.15, 0.2) is 5.82 Å². The van der Waals surface area contributed by atoms with Crippen molar-refractivity contribution in [3.8, 4) is 11.4 Å². The van der Waals surface area contributed by atoms with Crippen LogP contribution in [0.2, 0.25) is 0 Å². The second-order valence-corrected chi connectivity index (χ2v) is 10.0. The van der Waals surface area contributed by atoms with Gasteiger partial charge in [-0.05, 0) is 57.6 Å². The van der Waals surface area contributed by atoms with Gasteiger partial charge in [-0.2, -0.15) is 0 Å². The second-order valence-electron chi connectivity index (χ2n) is 10.0. The summed E-state index contributed by atoms with van der Waals surface area (Å²) in [5, 5.41) is 7.97. The average Bonchev–Trinajstić information content (AvgIpc) is 3.15. The van der Waals surface area contributed by atoms with Crippen LogP contribution in [0.3, 0.4) is 0 Å². The first-order chi connectivity index (χ1) is 17.4.